The van der Waals surface area contributed by atoms with Crippen LogP contribution < -0.4 is 5.32 Å². The third kappa shape index (κ3) is 2.55. The topological polar surface area (TPSA) is 37.8 Å². The maximum absolute atomic E-state index is 4.05. The predicted molar refractivity (Wildman–Crippen MR) is 46.9 cm³/mol. The molecule has 4 heteroatoms. The molecule has 0 saturated heterocycles. The van der Waals surface area contributed by atoms with E-state index in [9.17, 15) is 0 Å². The van der Waals surface area contributed by atoms with Gasteiger partial charge in [-0.25, -0.2) is 0 Å². The third-order valence-electron chi connectivity index (χ3n) is 1.40. The van der Waals surface area contributed by atoms with Crippen LogP contribution in [0.3, 0.4) is 0 Å². The van der Waals surface area contributed by atoms with Gasteiger partial charge in [0.2, 0.25) is 0 Å². The maximum Gasteiger partial charge on any atom is 0.118 e. The van der Waals surface area contributed by atoms with E-state index in [2.05, 4.69) is 22.4 Å². The van der Waals surface area contributed by atoms with Crippen LogP contribution in [0.4, 0.5) is 0 Å². The van der Waals surface area contributed by atoms with Crippen molar-refractivity contribution >= 4 is 11.3 Å². The van der Waals surface area contributed by atoms with Crippen LogP contribution >= 0.6 is 11.3 Å². The number of nitrogens with one attached hydrogen (secondary N) is 1. The zero-order valence-corrected chi connectivity index (χ0v) is 7.74. The minimum atomic E-state index is 0.984. The summed E-state index contributed by atoms with van der Waals surface area (Å²) in [6.07, 6.45) is 1.99. The molecule has 0 bridgehead atoms. The Bertz CT molecular complexity index is 209. The van der Waals surface area contributed by atoms with Crippen LogP contribution in [0.5, 0.6) is 0 Å². The molecule has 1 N–H and O–H groups in total. The van der Waals surface area contributed by atoms with E-state index >= 15 is 0 Å². The van der Waals surface area contributed by atoms with Crippen LogP contribution in [-0.2, 0) is 12.8 Å². The van der Waals surface area contributed by atoms with Gasteiger partial charge < -0.3 is 5.32 Å². The van der Waals surface area contributed by atoms with Gasteiger partial charge in [-0.15, -0.1) is 21.5 Å². The highest BCUT2D eigenvalue weighted by atomic mass is 32.1. The van der Waals surface area contributed by atoms with Gasteiger partial charge in [-0.05, 0) is 13.5 Å². The number of aromatic nitrogens is 2. The molecule has 62 valence electrons. The van der Waals surface area contributed by atoms with Crippen molar-refractivity contribution in [2.45, 2.75) is 19.8 Å². The molecule has 1 rings (SSSR count). The van der Waals surface area contributed by atoms with Gasteiger partial charge in [0.05, 0.1) is 0 Å². The minimum absolute atomic E-state index is 0.984. The van der Waals surface area contributed by atoms with Crippen LogP contribution in [0, 0.1) is 0 Å². The Balaban J connectivity index is 2.44. The van der Waals surface area contributed by atoms with E-state index in [1.54, 1.807) is 11.3 Å². The summed E-state index contributed by atoms with van der Waals surface area (Å²) in [5.74, 6) is 0. The highest BCUT2D eigenvalue weighted by Gasteiger charge is 2.00. The lowest BCUT2D eigenvalue weighted by Gasteiger charge is -1.91. The first-order chi connectivity index (χ1) is 5.36. The molecule has 0 fully saturated rings. The van der Waals surface area contributed by atoms with E-state index in [0.717, 1.165) is 29.4 Å². The van der Waals surface area contributed by atoms with Crippen LogP contribution in [-0.4, -0.2) is 23.8 Å². The molecule has 0 saturated carbocycles. The first-order valence-corrected chi connectivity index (χ1v) is 4.64. The SMILES string of the molecule is CCc1nnc(CCNC)s1. The van der Waals surface area contributed by atoms with E-state index in [1.807, 2.05) is 7.05 Å². The van der Waals surface area contributed by atoms with E-state index in [1.165, 1.54) is 0 Å². The molecule has 1 heterocycles. The first kappa shape index (κ1) is 8.62. The molecule has 0 aliphatic carbocycles. The second kappa shape index (κ2) is 4.41. The summed E-state index contributed by atoms with van der Waals surface area (Å²) in [6, 6.07) is 0. The van der Waals surface area contributed by atoms with Gasteiger partial charge in [0.1, 0.15) is 10.0 Å². The number of nitrogens with zero attached hydrogens (tertiary/aromatic N) is 2. The lowest BCUT2D eigenvalue weighted by Crippen LogP contribution is -2.09. The minimum Gasteiger partial charge on any atom is -0.319 e. The standard InChI is InChI=1S/C7H13N3S/c1-3-6-9-10-7(11-6)4-5-8-2/h8H,3-5H2,1-2H3. The predicted octanol–water partition coefficient (Wildman–Crippen LogP) is 0.862. The molecule has 0 aromatic carbocycles. The molecular weight excluding hydrogens is 158 g/mol. The number of aryl methyl sites for hydroxylation is 1. The van der Waals surface area contributed by atoms with E-state index in [0.29, 0.717) is 0 Å². The number of rotatable bonds is 4. The largest absolute Gasteiger partial charge is 0.319 e. The van der Waals surface area contributed by atoms with Gasteiger partial charge in [-0.2, -0.15) is 0 Å². The van der Waals surface area contributed by atoms with Crippen LogP contribution in [0.2, 0.25) is 0 Å². The normalized spacial score (nSPS) is 10.4. The quantitative estimate of drug-likeness (QED) is 0.730. The van der Waals surface area contributed by atoms with Crippen molar-refractivity contribution in [2.75, 3.05) is 13.6 Å². The second-order valence-electron chi connectivity index (χ2n) is 2.30. The average Bonchev–Trinajstić information content (AvgIpc) is 2.48. The highest BCUT2D eigenvalue weighted by molar-refractivity contribution is 7.11. The smallest absolute Gasteiger partial charge is 0.118 e. The molecule has 1 aromatic rings. The summed E-state index contributed by atoms with van der Waals surface area (Å²) < 4.78 is 0. The van der Waals surface area contributed by atoms with Gasteiger partial charge in [0, 0.05) is 13.0 Å². The van der Waals surface area contributed by atoms with Crippen molar-refractivity contribution < 1.29 is 0 Å². The Labute approximate surface area is 70.9 Å². The summed E-state index contributed by atoms with van der Waals surface area (Å²) in [6.45, 7) is 3.08. The Hall–Kier alpha value is -0.480. The molecule has 0 aliphatic rings. The molecule has 0 amide bonds. The average molecular weight is 171 g/mol. The molecule has 0 spiro atoms. The van der Waals surface area contributed by atoms with Crippen molar-refractivity contribution in [3.05, 3.63) is 10.0 Å². The Morgan fingerprint density at radius 3 is 2.64 bits per heavy atom. The monoisotopic (exact) mass is 171 g/mol. The Morgan fingerprint density at radius 1 is 1.36 bits per heavy atom. The Kier molecular flexibility index (Phi) is 3.45. The first-order valence-electron chi connectivity index (χ1n) is 3.82. The van der Waals surface area contributed by atoms with Crippen LogP contribution in [0.25, 0.3) is 0 Å². The fourth-order valence-electron chi connectivity index (χ4n) is 0.764. The molecular formula is C7H13N3S. The van der Waals surface area contributed by atoms with Gasteiger partial charge in [0.25, 0.3) is 0 Å². The zero-order valence-electron chi connectivity index (χ0n) is 6.92. The van der Waals surface area contributed by atoms with E-state index < -0.39 is 0 Å². The van der Waals surface area contributed by atoms with Gasteiger partial charge in [0.15, 0.2) is 0 Å². The number of hydrogen-bond acceptors (Lipinski definition) is 4. The summed E-state index contributed by atoms with van der Waals surface area (Å²) in [5, 5.41) is 13.4. The molecule has 0 aliphatic heterocycles. The fraction of sp³-hybridized carbons (Fsp3) is 0.714. The fourth-order valence-corrected chi connectivity index (χ4v) is 1.55. The van der Waals surface area contributed by atoms with Gasteiger partial charge >= 0.3 is 0 Å². The molecule has 0 atom stereocenters. The lowest BCUT2D eigenvalue weighted by atomic mass is 10.4. The van der Waals surface area contributed by atoms with E-state index in [-0.39, 0.29) is 0 Å². The van der Waals surface area contributed by atoms with Crippen molar-refractivity contribution in [3.8, 4) is 0 Å². The van der Waals surface area contributed by atoms with Crippen molar-refractivity contribution in [3.63, 3.8) is 0 Å². The third-order valence-corrected chi connectivity index (χ3v) is 2.53. The molecule has 0 unspecified atom stereocenters. The highest BCUT2D eigenvalue weighted by Crippen LogP contribution is 2.09. The molecule has 11 heavy (non-hydrogen) atoms. The van der Waals surface area contributed by atoms with E-state index in [4.69, 9.17) is 0 Å². The zero-order chi connectivity index (χ0) is 8.10. The maximum atomic E-state index is 4.05. The lowest BCUT2D eigenvalue weighted by molar-refractivity contribution is 0.777. The van der Waals surface area contributed by atoms with Crippen molar-refractivity contribution in [2.24, 2.45) is 0 Å². The van der Waals surface area contributed by atoms with Gasteiger partial charge in [-0.3, -0.25) is 0 Å². The van der Waals surface area contributed by atoms with Crippen molar-refractivity contribution in [1.82, 2.24) is 15.5 Å². The summed E-state index contributed by atoms with van der Waals surface area (Å²) in [5.41, 5.74) is 0. The van der Waals surface area contributed by atoms with Crippen LogP contribution in [0.1, 0.15) is 16.9 Å². The Morgan fingerprint density at radius 2 is 2.09 bits per heavy atom. The van der Waals surface area contributed by atoms with Gasteiger partial charge in [-0.1, -0.05) is 6.92 Å². The molecule has 0 radical (unpaired) electrons. The summed E-state index contributed by atoms with van der Waals surface area (Å²) >= 11 is 1.71. The molecule has 1 aromatic heterocycles. The van der Waals surface area contributed by atoms with Crippen molar-refractivity contribution in [1.29, 1.82) is 0 Å². The number of likely N-dealkylation sites (N-methyl/N-ethyl adjacent to an activating group) is 1. The van der Waals surface area contributed by atoms with Crippen LogP contribution in [0.15, 0.2) is 0 Å². The summed E-state index contributed by atoms with van der Waals surface area (Å²) in [7, 11) is 1.95. The summed E-state index contributed by atoms with van der Waals surface area (Å²) in [4.78, 5) is 0. The molecule has 3 nitrogen and oxygen atoms in total. The second-order valence-corrected chi connectivity index (χ2v) is 3.44. The number of hydrogen-bond donors (Lipinski definition) is 1.